The predicted octanol–water partition coefficient (Wildman–Crippen LogP) is 5.59. The molecule has 0 aliphatic heterocycles. The fraction of sp³-hybridized carbons (Fsp3) is 0.200. The molecule has 0 radical (unpaired) electrons. The highest BCUT2D eigenvalue weighted by Crippen LogP contribution is 2.39. The number of phenolic OH excluding ortho intramolecular Hbond substituents is 1. The summed E-state index contributed by atoms with van der Waals surface area (Å²) >= 11 is 0. The lowest BCUT2D eigenvalue weighted by atomic mass is 10.1. The highest BCUT2D eigenvalue weighted by molar-refractivity contribution is 5.97. The van der Waals surface area contributed by atoms with E-state index in [0.717, 1.165) is 16.5 Å². The molecule has 0 spiro atoms. The third-order valence-electron chi connectivity index (χ3n) is 3.96. The largest absolute Gasteiger partial charge is 0.506 e. The molecule has 0 saturated carbocycles. The third-order valence-corrected chi connectivity index (χ3v) is 3.96. The van der Waals surface area contributed by atoms with E-state index in [1.54, 1.807) is 24.3 Å². The van der Waals surface area contributed by atoms with Gasteiger partial charge in [-0.1, -0.05) is 18.2 Å². The smallest absolute Gasteiger partial charge is 0.146 e. The molecule has 136 valence electrons. The molecule has 0 bridgehead atoms. The van der Waals surface area contributed by atoms with Gasteiger partial charge < -0.3 is 9.84 Å². The number of quaternary nitrogens is 1. The summed E-state index contributed by atoms with van der Waals surface area (Å²) in [5, 5.41) is 20.4. The lowest BCUT2D eigenvalue weighted by Gasteiger charge is -2.23. The van der Waals surface area contributed by atoms with Crippen LogP contribution in [0.1, 0.15) is 4.11 Å². The second-order valence-corrected chi connectivity index (χ2v) is 6.62. The van der Waals surface area contributed by atoms with Crippen LogP contribution in [0.4, 0.5) is 17.1 Å². The second-order valence-electron chi connectivity index (χ2n) is 6.62. The van der Waals surface area contributed by atoms with Gasteiger partial charge in [0.2, 0.25) is 0 Å². The number of rotatable bonds is 4. The van der Waals surface area contributed by atoms with E-state index in [2.05, 4.69) is 10.2 Å². The molecule has 3 aromatic carbocycles. The van der Waals surface area contributed by atoms with Crippen LogP contribution in [0.2, 0.25) is 0 Å². The topological polar surface area (TPSA) is 54.2 Å². The highest BCUT2D eigenvalue weighted by Gasteiger charge is 2.15. The maximum absolute atomic E-state index is 10.4. The van der Waals surface area contributed by atoms with Gasteiger partial charge in [0, 0.05) is 11.5 Å². The summed E-state index contributed by atoms with van der Waals surface area (Å²) in [5.74, 6) is 0.0852. The number of para-hydroxylation sites is 1. The highest BCUT2D eigenvalue weighted by atomic mass is 35.5. The van der Waals surface area contributed by atoms with Crippen molar-refractivity contribution in [3.8, 4) is 11.5 Å². The van der Waals surface area contributed by atoms with Crippen LogP contribution in [0.5, 0.6) is 11.5 Å². The number of nitrogens with zero attached hydrogens (tertiary/aromatic N) is 3. The van der Waals surface area contributed by atoms with Crippen LogP contribution in [0.15, 0.2) is 64.8 Å². The van der Waals surface area contributed by atoms with E-state index < -0.39 is 7.04 Å². The van der Waals surface area contributed by atoms with Crippen LogP contribution in [-0.4, -0.2) is 33.3 Å². The molecular formula is C20H23ClN3O2+. The molecule has 0 aliphatic rings. The molecule has 3 aromatic rings. The van der Waals surface area contributed by atoms with Gasteiger partial charge in [-0.3, -0.25) is 4.48 Å². The molecule has 0 heterocycles. The summed E-state index contributed by atoms with van der Waals surface area (Å²) in [7, 11) is 3.56. The average Bonchev–Trinajstić information content (AvgIpc) is 2.59. The Morgan fingerprint density at radius 2 is 1.73 bits per heavy atom. The van der Waals surface area contributed by atoms with Gasteiger partial charge in [-0.05, 0) is 35.7 Å². The Hall–Kier alpha value is -2.63. The molecule has 0 fully saturated rings. The van der Waals surface area contributed by atoms with Crippen molar-refractivity contribution in [1.29, 1.82) is 0 Å². The van der Waals surface area contributed by atoms with Crippen molar-refractivity contribution in [2.75, 3.05) is 28.2 Å². The number of hydrogen-bond donors (Lipinski definition) is 1. The number of phenols is 1. The minimum atomic E-state index is -2.59. The van der Waals surface area contributed by atoms with E-state index >= 15 is 0 Å². The van der Waals surface area contributed by atoms with E-state index in [0.29, 0.717) is 10.2 Å². The number of halogens is 1. The van der Waals surface area contributed by atoms with Gasteiger partial charge in [0.25, 0.3) is 0 Å². The molecule has 1 N–H and O–H groups in total. The van der Waals surface area contributed by atoms with E-state index in [1.807, 2.05) is 45.4 Å². The Morgan fingerprint density at radius 1 is 1.00 bits per heavy atom. The van der Waals surface area contributed by atoms with Gasteiger partial charge in [0.1, 0.15) is 28.6 Å². The molecule has 0 saturated heterocycles. The molecule has 6 heteroatoms. The minimum absolute atomic E-state index is 0. The molecule has 0 aromatic heterocycles. The zero-order valence-electron chi connectivity index (χ0n) is 17.8. The van der Waals surface area contributed by atoms with E-state index in [-0.39, 0.29) is 29.6 Å². The Morgan fingerprint density at radius 3 is 2.46 bits per heavy atom. The number of hydrogen-bond acceptors (Lipinski definition) is 4. The van der Waals surface area contributed by atoms with Gasteiger partial charge >= 0.3 is 0 Å². The normalized spacial score (nSPS) is 13.7. The molecule has 3 rings (SSSR count). The van der Waals surface area contributed by atoms with Crippen molar-refractivity contribution in [3.05, 3.63) is 54.6 Å². The first-order valence-electron chi connectivity index (χ1n) is 9.32. The quantitative estimate of drug-likeness (QED) is 0.477. The number of aromatic hydroxyl groups is 1. The standard InChI is InChI=1S/C20H21N3O2.ClH/c1-23(2,3)15-11-9-14-10-12-18(24)20(16(14)13-15)22-21-17-7-5-6-8-19(17)25-4;/h5-13H,1-4H3;1H/p+1/i4D3;. The monoisotopic (exact) mass is 375 g/mol. The summed E-state index contributed by atoms with van der Waals surface area (Å²) in [5.41, 5.74) is 1.62. The Labute approximate surface area is 163 Å². The zero-order chi connectivity index (χ0) is 20.5. The molecule has 26 heavy (non-hydrogen) atoms. The maximum atomic E-state index is 10.4. The van der Waals surface area contributed by atoms with E-state index in [1.165, 1.54) is 6.07 Å². The van der Waals surface area contributed by atoms with Gasteiger partial charge in [-0.2, -0.15) is 0 Å². The lowest BCUT2D eigenvalue weighted by molar-refractivity contribution is 0.416. The fourth-order valence-electron chi connectivity index (χ4n) is 2.53. The zero-order valence-corrected chi connectivity index (χ0v) is 15.6. The maximum Gasteiger partial charge on any atom is 0.146 e. The van der Waals surface area contributed by atoms with Crippen molar-refractivity contribution in [2.24, 2.45) is 10.2 Å². The summed E-state index contributed by atoms with van der Waals surface area (Å²) in [6, 6.07) is 15.8. The van der Waals surface area contributed by atoms with Gasteiger partial charge in [0.15, 0.2) is 0 Å². The van der Waals surface area contributed by atoms with Crippen LogP contribution < -0.4 is 9.22 Å². The van der Waals surface area contributed by atoms with Crippen LogP contribution in [0.3, 0.4) is 0 Å². The van der Waals surface area contributed by atoms with Crippen molar-refractivity contribution in [2.45, 2.75) is 0 Å². The van der Waals surface area contributed by atoms with E-state index in [4.69, 9.17) is 8.85 Å². The van der Waals surface area contributed by atoms with Crippen LogP contribution in [0, 0.1) is 0 Å². The number of benzene rings is 3. The first kappa shape index (κ1) is 15.6. The Balaban J connectivity index is 0.00000300. The lowest BCUT2D eigenvalue weighted by Crippen LogP contribution is -2.34. The van der Waals surface area contributed by atoms with Crippen molar-refractivity contribution in [1.82, 2.24) is 4.48 Å². The Bertz CT molecular complexity index is 1050. The SMILES string of the molecule is Cl.[2H]C([2H])([2H])Oc1ccccc1N=Nc1c(O)ccc2ccc([N+](C)(C)C)cc12. The first-order valence-corrected chi connectivity index (χ1v) is 7.82. The fourth-order valence-corrected chi connectivity index (χ4v) is 2.53. The minimum Gasteiger partial charge on any atom is -0.506 e. The van der Waals surface area contributed by atoms with E-state index in [9.17, 15) is 5.11 Å². The van der Waals surface area contributed by atoms with Gasteiger partial charge in [-0.25, -0.2) is 0 Å². The van der Waals surface area contributed by atoms with Crippen molar-refractivity contribution >= 4 is 40.2 Å². The molecule has 0 aliphatic carbocycles. The van der Waals surface area contributed by atoms with Crippen LogP contribution in [-0.2, 0) is 0 Å². The van der Waals surface area contributed by atoms with Crippen LogP contribution >= 0.6 is 12.4 Å². The van der Waals surface area contributed by atoms with Crippen LogP contribution in [0.25, 0.3) is 10.8 Å². The van der Waals surface area contributed by atoms with Crippen molar-refractivity contribution in [3.63, 3.8) is 0 Å². The van der Waals surface area contributed by atoms with Gasteiger partial charge in [0.05, 0.1) is 32.3 Å². The number of fused-ring (bicyclic) bond motifs is 1. The summed E-state index contributed by atoms with van der Waals surface area (Å²) < 4.78 is 27.4. The molecule has 0 unspecified atom stereocenters. The summed E-state index contributed by atoms with van der Waals surface area (Å²) in [6.45, 7) is 0. The molecule has 0 amide bonds. The Kier molecular flexibility index (Phi) is 4.64. The van der Waals surface area contributed by atoms with Crippen molar-refractivity contribution < 1.29 is 14.0 Å². The molecule has 5 nitrogen and oxygen atoms in total. The number of azo groups is 1. The summed E-state index contributed by atoms with van der Waals surface area (Å²) in [6.07, 6.45) is 0. The molecule has 0 atom stereocenters. The number of ether oxygens (including phenoxy) is 1. The second kappa shape index (κ2) is 7.72. The predicted molar refractivity (Wildman–Crippen MR) is 110 cm³/mol. The number of methoxy groups -OCH3 is 1. The first-order chi connectivity index (χ1) is 13.0. The summed E-state index contributed by atoms with van der Waals surface area (Å²) in [4.78, 5) is 0. The third kappa shape index (κ3) is 3.95. The van der Waals surface area contributed by atoms with Gasteiger partial charge in [-0.15, -0.1) is 22.6 Å². The average molecular weight is 376 g/mol. The molecular weight excluding hydrogens is 350 g/mol.